The van der Waals surface area contributed by atoms with E-state index in [9.17, 15) is 14.9 Å². The lowest BCUT2D eigenvalue weighted by molar-refractivity contribution is -0.402. The van der Waals surface area contributed by atoms with Crippen LogP contribution in [0.1, 0.15) is 12.7 Å². The molecule has 2 saturated heterocycles. The number of nitro groups is 1. The van der Waals surface area contributed by atoms with E-state index in [-0.39, 0.29) is 12.0 Å². The van der Waals surface area contributed by atoms with E-state index in [0.717, 1.165) is 13.1 Å². The van der Waals surface area contributed by atoms with Crippen molar-refractivity contribution in [3.05, 3.63) is 34.1 Å². The molecule has 0 spiro atoms. The molecular weight excluding hydrogens is 344 g/mol. The number of furan rings is 1. The molecule has 140 valence electrons. The minimum absolute atomic E-state index is 0.228. The van der Waals surface area contributed by atoms with Crippen LogP contribution >= 0.6 is 0 Å². The van der Waals surface area contributed by atoms with E-state index in [2.05, 4.69) is 10.0 Å². The Morgan fingerprint density at radius 2 is 2.19 bits per heavy atom. The molecule has 3 rings (SSSR count). The van der Waals surface area contributed by atoms with E-state index in [1.54, 1.807) is 19.1 Å². The third kappa shape index (κ3) is 4.67. The lowest BCUT2D eigenvalue weighted by Gasteiger charge is -2.27. The maximum absolute atomic E-state index is 12.0. The van der Waals surface area contributed by atoms with E-state index in [1.807, 2.05) is 0 Å². The van der Waals surface area contributed by atoms with Gasteiger partial charge in [0.1, 0.15) is 16.8 Å². The highest BCUT2D eigenvalue weighted by molar-refractivity contribution is 5.96. The molecule has 3 heterocycles. The van der Waals surface area contributed by atoms with Gasteiger partial charge in [0.15, 0.2) is 0 Å². The highest BCUT2D eigenvalue weighted by atomic mass is 16.6. The number of rotatable bonds is 6. The predicted molar refractivity (Wildman–Crippen MR) is 91.7 cm³/mol. The highest BCUT2D eigenvalue weighted by Gasteiger charge is 2.32. The van der Waals surface area contributed by atoms with Crippen molar-refractivity contribution in [3.8, 4) is 0 Å². The molecule has 1 amide bonds. The zero-order valence-corrected chi connectivity index (χ0v) is 14.4. The smallest absolute Gasteiger partial charge is 0.433 e. The summed E-state index contributed by atoms with van der Waals surface area (Å²) in [6.45, 7) is 5.80. The van der Waals surface area contributed by atoms with E-state index < -0.39 is 11.0 Å². The highest BCUT2D eigenvalue weighted by Crippen LogP contribution is 2.17. The molecule has 10 nitrogen and oxygen atoms in total. The number of cyclic esters (lactones) is 1. The van der Waals surface area contributed by atoms with Crippen LogP contribution in [0.5, 0.6) is 0 Å². The van der Waals surface area contributed by atoms with Gasteiger partial charge in [-0.15, -0.1) is 0 Å². The number of allylic oxidation sites excluding steroid dienone is 1. The van der Waals surface area contributed by atoms with Crippen LogP contribution in [0.15, 0.2) is 27.7 Å². The van der Waals surface area contributed by atoms with Crippen LogP contribution in [0.4, 0.5) is 10.7 Å². The summed E-state index contributed by atoms with van der Waals surface area (Å²) in [4.78, 5) is 24.1. The fraction of sp³-hybridized carbons (Fsp3) is 0.500. The number of ether oxygens (including phenoxy) is 2. The van der Waals surface area contributed by atoms with Gasteiger partial charge >= 0.3 is 12.0 Å². The van der Waals surface area contributed by atoms with Crippen molar-refractivity contribution in [1.29, 1.82) is 0 Å². The molecule has 0 aliphatic carbocycles. The monoisotopic (exact) mass is 364 g/mol. The summed E-state index contributed by atoms with van der Waals surface area (Å²) in [7, 11) is 0. The molecule has 1 unspecified atom stereocenters. The van der Waals surface area contributed by atoms with E-state index >= 15 is 0 Å². The van der Waals surface area contributed by atoms with Crippen LogP contribution in [-0.4, -0.2) is 72.1 Å². The number of carbonyl (C=O) groups is 1. The molecule has 0 radical (unpaired) electrons. The van der Waals surface area contributed by atoms with Crippen molar-refractivity contribution in [2.45, 2.75) is 13.0 Å². The fourth-order valence-electron chi connectivity index (χ4n) is 2.71. The van der Waals surface area contributed by atoms with Gasteiger partial charge in [-0.25, -0.2) is 4.79 Å². The van der Waals surface area contributed by atoms with Crippen LogP contribution in [0.3, 0.4) is 0 Å². The zero-order chi connectivity index (χ0) is 18.5. The Kier molecular flexibility index (Phi) is 5.64. The minimum atomic E-state index is -0.604. The van der Waals surface area contributed by atoms with Crippen molar-refractivity contribution in [2.24, 2.45) is 5.10 Å². The van der Waals surface area contributed by atoms with Crippen LogP contribution in [0, 0.1) is 10.1 Å². The normalized spacial score (nSPS) is 22.2. The summed E-state index contributed by atoms with van der Waals surface area (Å²) in [5.74, 6) is 0.00811. The molecule has 0 aromatic carbocycles. The van der Waals surface area contributed by atoms with Crippen LogP contribution in [0.2, 0.25) is 0 Å². The van der Waals surface area contributed by atoms with Gasteiger partial charge in [0.25, 0.3) is 0 Å². The third-order valence-corrected chi connectivity index (χ3v) is 3.98. The van der Waals surface area contributed by atoms with E-state index in [1.165, 1.54) is 17.1 Å². The molecule has 1 atom stereocenters. The SMILES string of the molecule is CC(/C=C/c1ccc([N+](=O)[O-])o1)=N/N1CC(CN2CCOCC2)OC1=O. The van der Waals surface area contributed by atoms with Gasteiger partial charge in [-0.2, -0.15) is 10.1 Å². The van der Waals surface area contributed by atoms with Gasteiger partial charge in [-0.05, 0) is 25.1 Å². The summed E-state index contributed by atoms with van der Waals surface area (Å²) in [5.41, 5.74) is 0.549. The van der Waals surface area contributed by atoms with Gasteiger partial charge in [-0.3, -0.25) is 15.0 Å². The summed E-state index contributed by atoms with van der Waals surface area (Å²) in [6.07, 6.45) is 2.46. The first-order valence-electron chi connectivity index (χ1n) is 8.27. The Morgan fingerprint density at radius 1 is 1.42 bits per heavy atom. The predicted octanol–water partition coefficient (Wildman–Crippen LogP) is 1.73. The van der Waals surface area contributed by atoms with E-state index in [4.69, 9.17) is 13.9 Å². The Labute approximate surface area is 149 Å². The molecule has 0 N–H and O–H groups in total. The van der Waals surface area contributed by atoms with Gasteiger partial charge < -0.3 is 13.9 Å². The molecule has 1 aromatic rings. The second-order valence-corrected chi connectivity index (χ2v) is 6.01. The maximum Gasteiger partial charge on any atom is 0.433 e. The lowest BCUT2D eigenvalue weighted by atomic mass is 10.3. The summed E-state index contributed by atoms with van der Waals surface area (Å²) >= 11 is 0. The Balaban J connectivity index is 1.55. The summed E-state index contributed by atoms with van der Waals surface area (Å²) < 4.78 is 15.7. The number of carbonyl (C=O) groups excluding carboxylic acids is 1. The average Bonchev–Trinajstić information content (AvgIpc) is 3.21. The van der Waals surface area contributed by atoms with Crippen molar-refractivity contribution in [3.63, 3.8) is 0 Å². The number of amides is 1. The second-order valence-electron chi connectivity index (χ2n) is 6.01. The minimum Gasteiger partial charge on any atom is -0.441 e. The average molecular weight is 364 g/mol. The maximum atomic E-state index is 12.0. The number of nitrogens with zero attached hydrogens (tertiary/aromatic N) is 4. The lowest BCUT2D eigenvalue weighted by Crippen LogP contribution is -2.41. The summed E-state index contributed by atoms with van der Waals surface area (Å²) in [6, 6.07) is 2.77. The van der Waals surface area contributed by atoms with Gasteiger partial charge in [0.05, 0.1) is 31.5 Å². The molecule has 2 aliphatic heterocycles. The third-order valence-electron chi connectivity index (χ3n) is 3.98. The first kappa shape index (κ1) is 18.1. The van der Waals surface area contributed by atoms with Crippen molar-refractivity contribution in [2.75, 3.05) is 39.4 Å². The van der Waals surface area contributed by atoms with Gasteiger partial charge in [0.2, 0.25) is 0 Å². The Bertz CT molecular complexity index is 722. The topological polar surface area (TPSA) is 111 Å². The van der Waals surface area contributed by atoms with Crippen LogP contribution < -0.4 is 0 Å². The first-order chi connectivity index (χ1) is 12.5. The molecule has 0 bridgehead atoms. The van der Waals surface area contributed by atoms with Crippen molar-refractivity contribution >= 4 is 23.8 Å². The van der Waals surface area contributed by atoms with E-state index in [0.29, 0.717) is 37.8 Å². The molecule has 1 aromatic heterocycles. The number of hydrazone groups is 1. The first-order valence-corrected chi connectivity index (χ1v) is 8.27. The fourth-order valence-corrected chi connectivity index (χ4v) is 2.71. The molecule has 2 aliphatic rings. The van der Waals surface area contributed by atoms with Crippen molar-refractivity contribution < 1.29 is 23.6 Å². The largest absolute Gasteiger partial charge is 0.441 e. The number of morpholine rings is 1. The second kappa shape index (κ2) is 8.11. The molecular formula is C16H20N4O6. The Hall–Kier alpha value is -2.72. The van der Waals surface area contributed by atoms with Gasteiger partial charge in [-0.1, -0.05) is 0 Å². The quantitative estimate of drug-likeness (QED) is 0.429. The van der Waals surface area contributed by atoms with Crippen LogP contribution in [0.25, 0.3) is 6.08 Å². The number of hydrogen-bond acceptors (Lipinski definition) is 8. The standard InChI is InChI=1S/C16H20N4O6/c1-12(2-3-13-4-5-15(25-13)20(22)23)17-19-11-14(26-16(19)21)10-18-6-8-24-9-7-18/h2-5,14H,6-11H2,1H3/b3-2+,17-12-. The van der Waals surface area contributed by atoms with Crippen molar-refractivity contribution in [1.82, 2.24) is 9.91 Å². The molecule has 10 heteroatoms. The zero-order valence-electron chi connectivity index (χ0n) is 14.4. The summed E-state index contributed by atoms with van der Waals surface area (Å²) in [5, 5.41) is 16.1. The van der Waals surface area contributed by atoms with Crippen LogP contribution in [-0.2, 0) is 9.47 Å². The Morgan fingerprint density at radius 3 is 2.88 bits per heavy atom. The molecule has 2 fully saturated rings. The van der Waals surface area contributed by atoms with Gasteiger partial charge in [0, 0.05) is 19.6 Å². The number of hydrogen-bond donors (Lipinski definition) is 0. The molecule has 0 saturated carbocycles. The molecule has 26 heavy (non-hydrogen) atoms.